The van der Waals surface area contributed by atoms with Crippen LogP contribution in [0.15, 0.2) is 156 Å². The maximum absolute atomic E-state index is 6.61. The highest BCUT2D eigenvalue weighted by atomic mass is 16.3. The summed E-state index contributed by atoms with van der Waals surface area (Å²) in [5.41, 5.74) is 8.90. The van der Waals surface area contributed by atoms with Gasteiger partial charge >= 0.3 is 0 Å². The average Bonchev–Trinajstić information content (AvgIpc) is 3.42. The lowest BCUT2D eigenvalue weighted by Gasteiger charge is -2.27. The van der Waals surface area contributed by atoms with Gasteiger partial charge in [-0.15, -0.1) is 0 Å². The molecule has 2 aliphatic rings. The van der Waals surface area contributed by atoms with E-state index in [2.05, 4.69) is 144 Å². The zero-order chi connectivity index (χ0) is 27.2. The molecule has 0 fully saturated rings. The van der Waals surface area contributed by atoms with Gasteiger partial charge in [0.25, 0.3) is 0 Å². The lowest BCUT2D eigenvalue weighted by molar-refractivity contribution is 0.627. The second-order valence-corrected chi connectivity index (χ2v) is 10.7. The summed E-state index contributed by atoms with van der Waals surface area (Å²) < 4.78 is 6.61. The van der Waals surface area contributed by atoms with Crippen LogP contribution >= 0.6 is 0 Å². The highest BCUT2D eigenvalue weighted by Gasteiger charge is 2.20. The Labute approximate surface area is 238 Å². The van der Waals surface area contributed by atoms with E-state index in [0.29, 0.717) is 0 Å². The number of dihydropyridines is 2. The Morgan fingerprint density at radius 2 is 1.39 bits per heavy atom. The van der Waals surface area contributed by atoms with Gasteiger partial charge in [0.1, 0.15) is 11.2 Å². The summed E-state index contributed by atoms with van der Waals surface area (Å²) in [4.78, 5) is 0. The number of hydrogen-bond donors (Lipinski definition) is 2. The summed E-state index contributed by atoms with van der Waals surface area (Å²) in [6.07, 6.45) is 14.7. The second-order valence-electron chi connectivity index (χ2n) is 10.7. The SMILES string of the molecule is C1=CNC(C2=CC=CC(c3ccc(-c4c5ccccc5cc5c4oc4ccc(-c6ccccc6)cc45)cc3)N2)C=C1. The molecule has 2 unspecified atom stereocenters. The van der Waals surface area contributed by atoms with Gasteiger partial charge in [0.05, 0.1) is 12.1 Å². The van der Waals surface area contributed by atoms with Crippen LogP contribution in [-0.4, -0.2) is 6.04 Å². The maximum atomic E-state index is 6.61. The van der Waals surface area contributed by atoms with Crippen LogP contribution in [0, 0.1) is 0 Å². The molecule has 196 valence electrons. The molecule has 1 aromatic heterocycles. The zero-order valence-corrected chi connectivity index (χ0v) is 22.4. The third kappa shape index (κ3) is 4.14. The van der Waals surface area contributed by atoms with Crippen LogP contribution in [0.3, 0.4) is 0 Å². The van der Waals surface area contributed by atoms with Crippen LogP contribution in [-0.2, 0) is 0 Å². The van der Waals surface area contributed by atoms with E-state index in [0.717, 1.165) is 38.8 Å². The number of benzene rings is 5. The van der Waals surface area contributed by atoms with Gasteiger partial charge in [0.2, 0.25) is 0 Å². The third-order valence-electron chi connectivity index (χ3n) is 8.17. The van der Waals surface area contributed by atoms with Crippen molar-refractivity contribution in [3.8, 4) is 22.3 Å². The van der Waals surface area contributed by atoms with Gasteiger partial charge in [0, 0.05) is 22.0 Å². The Morgan fingerprint density at radius 3 is 2.24 bits per heavy atom. The first-order valence-corrected chi connectivity index (χ1v) is 14.1. The standard InChI is InChI=1S/C38H28N2O/c1-2-9-25(10-3-1)28-20-21-36-31(23-28)32-24-29-11-4-5-12-30(29)37(38(32)41-36)27-18-16-26(17-19-27)33-14-8-15-35(40-33)34-13-6-7-22-39-34/h1-24,33-34,39-40H. The van der Waals surface area contributed by atoms with Gasteiger partial charge in [0.15, 0.2) is 0 Å². The summed E-state index contributed by atoms with van der Waals surface area (Å²) in [6, 6.07) is 37.1. The highest BCUT2D eigenvalue weighted by molar-refractivity contribution is 6.18. The fraction of sp³-hybridized carbons (Fsp3) is 0.0526. The Balaban J connectivity index is 1.21. The van der Waals surface area contributed by atoms with Gasteiger partial charge in [-0.1, -0.05) is 109 Å². The first-order chi connectivity index (χ1) is 20.3. The van der Waals surface area contributed by atoms with Crippen molar-refractivity contribution < 1.29 is 4.42 Å². The minimum Gasteiger partial charge on any atom is -0.455 e. The quantitative estimate of drug-likeness (QED) is 0.239. The van der Waals surface area contributed by atoms with Gasteiger partial charge in [-0.05, 0) is 69.6 Å². The van der Waals surface area contributed by atoms with Gasteiger partial charge < -0.3 is 15.1 Å². The fourth-order valence-corrected chi connectivity index (χ4v) is 6.10. The monoisotopic (exact) mass is 528 g/mol. The van der Waals surface area contributed by atoms with Crippen LogP contribution < -0.4 is 10.6 Å². The molecule has 8 rings (SSSR count). The van der Waals surface area contributed by atoms with E-state index in [-0.39, 0.29) is 12.1 Å². The molecule has 0 bridgehead atoms. The number of furan rings is 1. The predicted octanol–water partition coefficient (Wildman–Crippen LogP) is 9.20. The highest BCUT2D eigenvalue weighted by Crippen LogP contribution is 2.42. The van der Waals surface area contributed by atoms with Crippen LogP contribution in [0.1, 0.15) is 11.6 Å². The molecule has 6 aromatic rings. The Kier molecular flexibility index (Phi) is 5.60. The number of nitrogens with one attached hydrogen (secondary N) is 2. The Hall–Kier alpha value is -5.28. The van der Waals surface area contributed by atoms with Crippen LogP contribution in [0.25, 0.3) is 55.0 Å². The molecule has 0 spiro atoms. The van der Waals surface area contributed by atoms with Crippen molar-refractivity contribution in [1.29, 1.82) is 0 Å². The minimum atomic E-state index is 0.111. The third-order valence-corrected chi connectivity index (χ3v) is 8.17. The molecule has 0 aliphatic carbocycles. The number of rotatable bonds is 4. The maximum Gasteiger partial charge on any atom is 0.143 e. The second kappa shape index (κ2) is 9.72. The van der Waals surface area contributed by atoms with Crippen molar-refractivity contribution in [2.24, 2.45) is 0 Å². The van der Waals surface area contributed by atoms with Crippen molar-refractivity contribution in [2.75, 3.05) is 0 Å². The Bertz CT molecular complexity index is 2040. The zero-order valence-electron chi connectivity index (χ0n) is 22.4. The van der Waals surface area contributed by atoms with Crippen molar-refractivity contribution in [3.05, 3.63) is 157 Å². The van der Waals surface area contributed by atoms with Crippen molar-refractivity contribution >= 4 is 32.7 Å². The molecule has 41 heavy (non-hydrogen) atoms. The first kappa shape index (κ1) is 23.6. The van der Waals surface area contributed by atoms with Gasteiger partial charge in [-0.2, -0.15) is 0 Å². The molecule has 5 aromatic carbocycles. The lowest BCUT2D eigenvalue weighted by Crippen LogP contribution is -2.35. The molecule has 0 saturated heterocycles. The smallest absolute Gasteiger partial charge is 0.143 e. The molecule has 3 nitrogen and oxygen atoms in total. The fourth-order valence-electron chi connectivity index (χ4n) is 6.10. The molecule has 3 heteroatoms. The lowest BCUT2D eigenvalue weighted by atomic mass is 9.93. The number of fused-ring (bicyclic) bond motifs is 4. The topological polar surface area (TPSA) is 37.2 Å². The predicted molar refractivity (Wildman–Crippen MR) is 170 cm³/mol. The summed E-state index contributed by atoms with van der Waals surface area (Å²) >= 11 is 0. The van der Waals surface area contributed by atoms with E-state index in [1.54, 1.807) is 0 Å². The van der Waals surface area contributed by atoms with E-state index in [1.807, 2.05) is 12.3 Å². The van der Waals surface area contributed by atoms with E-state index in [4.69, 9.17) is 4.42 Å². The molecule has 2 N–H and O–H groups in total. The number of allylic oxidation sites excluding steroid dienone is 4. The van der Waals surface area contributed by atoms with Crippen molar-refractivity contribution in [1.82, 2.24) is 10.6 Å². The molecule has 0 saturated carbocycles. The average molecular weight is 529 g/mol. The first-order valence-electron chi connectivity index (χ1n) is 14.1. The molecule has 2 atom stereocenters. The van der Waals surface area contributed by atoms with Crippen LogP contribution in [0.2, 0.25) is 0 Å². The van der Waals surface area contributed by atoms with E-state index < -0.39 is 0 Å². The summed E-state index contributed by atoms with van der Waals surface area (Å²) in [5, 5.41) is 11.8. The molecule has 2 aliphatic heterocycles. The molecule has 0 radical (unpaired) electrons. The van der Waals surface area contributed by atoms with Crippen molar-refractivity contribution in [2.45, 2.75) is 12.1 Å². The normalized spacial score (nSPS) is 18.0. The minimum absolute atomic E-state index is 0.111. The van der Waals surface area contributed by atoms with Crippen LogP contribution in [0.5, 0.6) is 0 Å². The van der Waals surface area contributed by atoms with E-state index in [1.165, 1.54) is 27.5 Å². The molecule has 3 heterocycles. The van der Waals surface area contributed by atoms with E-state index >= 15 is 0 Å². The summed E-state index contributed by atoms with van der Waals surface area (Å²) in [7, 11) is 0. The molecule has 0 amide bonds. The Morgan fingerprint density at radius 1 is 0.585 bits per heavy atom. The molecular formula is C38H28N2O. The largest absolute Gasteiger partial charge is 0.455 e. The van der Waals surface area contributed by atoms with Crippen LogP contribution in [0.4, 0.5) is 0 Å². The van der Waals surface area contributed by atoms with Crippen molar-refractivity contribution in [3.63, 3.8) is 0 Å². The van der Waals surface area contributed by atoms with Gasteiger partial charge in [-0.25, -0.2) is 0 Å². The van der Waals surface area contributed by atoms with Gasteiger partial charge in [-0.3, -0.25) is 0 Å². The summed E-state index contributed by atoms with van der Waals surface area (Å²) in [6.45, 7) is 0. The number of hydrogen-bond acceptors (Lipinski definition) is 3. The summed E-state index contributed by atoms with van der Waals surface area (Å²) in [5.74, 6) is 0. The van der Waals surface area contributed by atoms with E-state index in [9.17, 15) is 0 Å². The molecular weight excluding hydrogens is 500 g/mol.